The van der Waals surface area contributed by atoms with E-state index in [-0.39, 0.29) is 0 Å². The molecule has 5 heteroatoms. The van der Waals surface area contributed by atoms with Crippen molar-refractivity contribution in [2.45, 2.75) is 25.7 Å². The Hall–Kier alpha value is 1.10. The molecule has 0 aromatic heterocycles. The first-order chi connectivity index (χ1) is 6.21. The summed E-state index contributed by atoms with van der Waals surface area (Å²) in [5.41, 5.74) is -1.55. The first kappa shape index (κ1) is 10.6. The second-order valence-corrected chi connectivity index (χ2v) is 16.0. The van der Waals surface area contributed by atoms with Crippen LogP contribution in [0, 0.1) is 0 Å². The third kappa shape index (κ3) is 2.20. The van der Waals surface area contributed by atoms with E-state index in [1.807, 2.05) is 0 Å². The molecule has 0 saturated carbocycles. The summed E-state index contributed by atoms with van der Waals surface area (Å²) in [6, 6.07) is 0. The molecule has 0 spiro atoms. The van der Waals surface area contributed by atoms with E-state index in [1.165, 1.54) is 51.9 Å². The summed E-state index contributed by atoms with van der Waals surface area (Å²) in [4.78, 5) is 0. The minimum Gasteiger partial charge on any atom is -0.295 e. The molecule has 0 amide bonds. The molecule has 2 aliphatic heterocycles. The Labute approximate surface area is 97.0 Å². The molecule has 2 fully saturated rings. The molecule has 0 radical (unpaired) electrons. The third-order valence-electron chi connectivity index (χ3n) is 2.97. The summed E-state index contributed by atoms with van der Waals surface area (Å²) in [5, 5.41) is 0. The lowest BCUT2D eigenvalue weighted by Gasteiger charge is -2.36. The normalized spacial score (nSPS) is 27.2. The lowest BCUT2D eigenvalue weighted by Crippen LogP contribution is -2.55. The predicted molar refractivity (Wildman–Crippen MR) is 65.2 cm³/mol. The molecule has 0 aliphatic carbocycles. The van der Waals surface area contributed by atoms with Crippen LogP contribution in [0.3, 0.4) is 0 Å². The van der Waals surface area contributed by atoms with Crippen molar-refractivity contribution in [1.82, 2.24) is 9.13 Å². The first-order valence-electron chi connectivity index (χ1n) is 5.09. The van der Waals surface area contributed by atoms with E-state index < -0.39 is 5.64 Å². The van der Waals surface area contributed by atoms with Crippen LogP contribution in [0.15, 0.2) is 0 Å². The summed E-state index contributed by atoms with van der Waals surface area (Å²) < 4.78 is 5.25. The molecular formula is C8H16Br2N2Si. The summed E-state index contributed by atoms with van der Waals surface area (Å²) in [5.74, 6) is 0. The number of rotatable bonds is 2. The number of hydrogen-bond acceptors (Lipinski definition) is 2. The Morgan fingerprint density at radius 2 is 1.00 bits per heavy atom. The molecule has 2 saturated heterocycles. The fraction of sp³-hybridized carbons (Fsp3) is 1.00. The molecule has 0 aromatic carbocycles. The van der Waals surface area contributed by atoms with E-state index in [0.29, 0.717) is 0 Å². The number of halogens is 2. The van der Waals surface area contributed by atoms with Crippen molar-refractivity contribution in [3.63, 3.8) is 0 Å². The van der Waals surface area contributed by atoms with Crippen LogP contribution < -0.4 is 0 Å². The van der Waals surface area contributed by atoms with Crippen molar-refractivity contribution in [2.75, 3.05) is 26.2 Å². The fourth-order valence-corrected chi connectivity index (χ4v) is 8.54. The monoisotopic (exact) mass is 326 g/mol. The van der Waals surface area contributed by atoms with E-state index in [9.17, 15) is 0 Å². The summed E-state index contributed by atoms with van der Waals surface area (Å²) in [7, 11) is 0. The highest BCUT2D eigenvalue weighted by Gasteiger charge is 2.43. The Morgan fingerprint density at radius 3 is 1.31 bits per heavy atom. The van der Waals surface area contributed by atoms with Crippen LogP contribution in [0.1, 0.15) is 25.7 Å². The van der Waals surface area contributed by atoms with E-state index >= 15 is 0 Å². The second kappa shape index (κ2) is 4.31. The second-order valence-electron chi connectivity index (χ2n) is 3.90. The SMILES string of the molecule is Br[Si](Br)(N1CCCC1)N1CCCC1. The number of hydrogen-bond donors (Lipinski definition) is 0. The van der Waals surface area contributed by atoms with Crippen molar-refractivity contribution in [3.8, 4) is 0 Å². The van der Waals surface area contributed by atoms with Gasteiger partial charge in [-0.15, -0.1) is 0 Å². The van der Waals surface area contributed by atoms with Crippen LogP contribution in [-0.2, 0) is 0 Å². The van der Waals surface area contributed by atoms with Gasteiger partial charge in [0.25, 0.3) is 0 Å². The lowest BCUT2D eigenvalue weighted by molar-refractivity contribution is 0.440. The molecule has 76 valence electrons. The largest absolute Gasteiger partial charge is 0.354 e. The number of nitrogens with zero attached hydrogens (tertiary/aromatic N) is 2. The van der Waals surface area contributed by atoms with Gasteiger partial charge in [-0.2, -0.15) is 0 Å². The van der Waals surface area contributed by atoms with E-state index in [0.717, 1.165) is 0 Å². The van der Waals surface area contributed by atoms with Gasteiger partial charge in [-0.1, -0.05) is 30.6 Å². The van der Waals surface area contributed by atoms with Crippen LogP contribution in [0.4, 0.5) is 0 Å². The minimum absolute atomic E-state index is 1.28. The fourth-order valence-electron chi connectivity index (χ4n) is 2.17. The smallest absolute Gasteiger partial charge is 0.295 e. The van der Waals surface area contributed by atoms with Crippen LogP contribution in [0.5, 0.6) is 0 Å². The van der Waals surface area contributed by atoms with Crippen LogP contribution in [0.25, 0.3) is 0 Å². The molecule has 2 nitrogen and oxygen atoms in total. The van der Waals surface area contributed by atoms with Gasteiger partial charge >= 0.3 is 5.64 Å². The zero-order chi connectivity index (χ0) is 9.31. The van der Waals surface area contributed by atoms with Crippen molar-refractivity contribution in [1.29, 1.82) is 0 Å². The highest BCUT2D eigenvalue weighted by atomic mass is 79.9. The quantitative estimate of drug-likeness (QED) is 0.567. The zero-order valence-corrected chi connectivity index (χ0v) is 12.0. The van der Waals surface area contributed by atoms with Gasteiger partial charge in [0, 0.05) is 0 Å². The first-order valence-corrected chi connectivity index (χ1v) is 11.5. The van der Waals surface area contributed by atoms with Gasteiger partial charge in [-0.3, -0.25) is 9.13 Å². The van der Waals surface area contributed by atoms with Gasteiger partial charge in [0.2, 0.25) is 0 Å². The molecule has 0 atom stereocenters. The maximum absolute atomic E-state index is 3.94. The molecule has 2 aliphatic rings. The van der Waals surface area contributed by atoms with Gasteiger partial charge < -0.3 is 0 Å². The highest BCUT2D eigenvalue weighted by Crippen LogP contribution is 2.34. The minimum atomic E-state index is -1.55. The van der Waals surface area contributed by atoms with Crippen LogP contribution in [-0.4, -0.2) is 40.9 Å². The lowest BCUT2D eigenvalue weighted by atomic mass is 10.4. The molecule has 2 rings (SSSR count). The van der Waals surface area contributed by atoms with Gasteiger partial charge in [0.1, 0.15) is 0 Å². The Morgan fingerprint density at radius 1 is 0.692 bits per heavy atom. The van der Waals surface area contributed by atoms with Crippen molar-refractivity contribution < 1.29 is 0 Å². The average Bonchev–Trinajstić information content (AvgIpc) is 2.78. The van der Waals surface area contributed by atoms with Gasteiger partial charge in [-0.25, -0.2) is 0 Å². The maximum Gasteiger partial charge on any atom is 0.354 e. The third-order valence-corrected chi connectivity index (χ3v) is 11.4. The average molecular weight is 328 g/mol. The summed E-state index contributed by atoms with van der Waals surface area (Å²) >= 11 is 7.89. The highest BCUT2D eigenvalue weighted by molar-refractivity contribution is 9.50. The molecule has 2 heterocycles. The Kier molecular flexibility index (Phi) is 3.51. The van der Waals surface area contributed by atoms with E-state index in [2.05, 4.69) is 39.7 Å². The summed E-state index contributed by atoms with van der Waals surface area (Å²) in [6.45, 7) is 5.11. The van der Waals surface area contributed by atoms with Crippen molar-refractivity contribution in [2.24, 2.45) is 0 Å². The predicted octanol–water partition coefficient (Wildman–Crippen LogP) is 2.40. The van der Waals surface area contributed by atoms with E-state index in [4.69, 9.17) is 0 Å². The molecule has 0 aromatic rings. The van der Waals surface area contributed by atoms with Gasteiger partial charge in [-0.05, 0) is 51.9 Å². The molecule has 0 unspecified atom stereocenters. The summed E-state index contributed by atoms with van der Waals surface area (Å²) in [6.07, 6.45) is 5.50. The molecule has 13 heavy (non-hydrogen) atoms. The van der Waals surface area contributed by atoms with Crippen LogP contribution >= 0.6 is 30.6 Å². The molecular weight excluding hydrogens is 312 g/mol. The van der Waals surface area contributed by atoms with Crippen molar-refractivity contribution >= 4 is 36.2 Å². The van der Waals surface area contributed by atoms with E-state index in [1.54, 1.807) is 0 Å². The maximum atomic E-state index is 3.94. The van der Waals surface area contributed by atoms with Gasteiger partial charge in [0.05, 0.1) is 0 Å². The Balaban J connectivity index is 1.99. The Bertz CT molecular complexity index is 159. The molecule has 0 N–H and O–H groups in total. The topological polar surface area (TPSA) is 6.48 Å². The van der Waals surface area contributed by atoms with Gasteiger partial charge in [0.15, 0.2) is 0 Å². The van der Waals surface area contributed by atoms with Crippen molar-refractivity contribution in [3.05, 3.63) is 0 Å². The standard InChI is InChI=1S/C8H16Br2N2Si/c9-13(10,11-5-1-2-6-11)12-7-3-4-8-12/h1-8H2. The van der Waals surface area contributed by atoms with Crippen LogP contribution in [0.2, 0.25) is 0 Å². The molecule has 0 bridgehead atoms. The zero-order valence-electron chi connectivity index (χ0n) is 7.81.